The molecule has 2 atom stereocenters. The highest BCUT2D eigenvalue weighted by Gasteiger charge is 2.12. The summed E-state index contributed by atoms with van der Waals surface area (Å²) in [7, 11) is 0. The van der Waals surface area contributed by atoms with E-state index in [1.807, 2.05) is 0 Å². The van der Waals surface area contributed by atoms with Crippen molar-refractivity contribution in [1.82, 2.24) is 0 Å². The molecule has 0 radical (unpaired) electrons. The van der Waals surface area contributed by atoms with E-state index in [0.29, 0.717) is 0 Å². The Morgan fingerprint density at radius 2 is 1.30 bits per heavy atom. The van der Waals surface area contributed by atoms with Gasteiger partial charge in [0.15, 0.2) is 0 Å². The minimum Gasteiger partial charge on any atom is -0.0852 e. The van der Waals surface area contributed by atoms with Gasteiger partial charge in [-0.05, 0) is 49.4 Å². The van der Waals surface area contributed by atoms with Crippen molar-refractivity contribution in [3.63, 3.8) is 0 Å². The van der Waals surface area contributed by atoms with E-state index in [0.717, 1.165) is 23.7 Å². The third-order valence-corrected chi connectivity index (χ3v) is 4.98. The molecule has 0 N–H and O–H groups in total. The van der Waals surface area contributed by atoms with Crippen molar-refractivity contribution in [1.29, 1.82) is 0 Å². The van der Waals surface area contributed by atoms with E-state index in [1.165, 1.54) is 51.4 Å². The molecule has 0 amide bonds. The zero-order valence-corrected chi connectivity index (χ0v) is 15.1. The topological polar surface area (TPSA) is 0 Å². The maximum atomic E-state index is 2.54. The number of hydrogen-bond acceptors (Lipinski definition) is 0. The van der Waals surface area contributed by atoms with Gasteiger partial charge in [-0.15, -0.1) is 0 Å². The average Bonchev–Trinajstić information content (AvgIpc) is 2.43. The SMILES string of the molecule is CCCC(C=CC(CC)CC)CCCC(CC)C(C)C. The fourth-order valence-corrected chi connectivity index (χ4v) is 3.23. The Kier molecular flexibility index (Phi) is 12.3. The lowest BCUT2D eigenvalue weighted by molar-refractivity contribution is 0.328. The van der Waals surface area contributed by atoms with E-state index in [2.05, 4.69) is 53.7 Å². The van der Waals surface area contributed by atoms with Crippen molar-refractivity contribution >= 4 is 0 Å². The van der Waals surface area contributed by atoms with Crippen LogP contribution in [-0.2, 0) is 0 Å². The number of allylic oxidation sites excluding steroid dienone is 2. The third-order valence-electron chi connectivity index (χ3n) is 4.98. The van der Waals surface area contributed by atoms with Crippen LogP contribution in [0.1, 0.15) is 92.9 Å². The van der Waals surface area contributed by atoms with Crippen LogP contribution in [0.4, 0.5) is 0 Å². The molecule has 0 fully saturated rings. The Morgan fingerprint density at radius 3 is 1.75 bits per heavy atom. The molecule has 0 nitrogen and oxygen atoms in total. The summed E-state index contributed by atoms with van der Waals surface area (Å²) in [6.45, 7) is 14.0. The first kappa shape index (κ1) is 19.7. The van der Waals surface area contributed by atoms with Crippen molar-refractivity contribution < 1.29 is 0 Å². The molecule has 2 unspecified atom stereocenters. The molecule has 0 heterocycles. The molecule has 0 aromatic rings. The Bertz CT molecular complexity index is 222. The minimum absolute atomic E-state index is 0.799. The van der Waals surface area contributed by atoms with Gasteiger partial charge in [0.1, 0.15) is 0 Å². The molecule has 0 aliphatic carbocycles. The highest BCUT2D eigenvalue weighted by Crippen LogP contribution is 2.25. The fourth-order valence-electron chi connectivity index (χ4n) is 3.23. The van der Waals surface area contributed by atoms with Crippen LogP contribution in [0.3, 0.4) is 0 Å². The van der Waals surface area contributed by atoms with Crippen LogP contribution in [0.25, 0.3) is 0 Å². The minimum atomic E-state index is 0.799. The lowest BCUT2D eigenvalue weighted by Gasteiger charge is -2.20. The predicted octanol–water partition coefficient (Wildman–Crippen LogP) is 7.25. The molecule has 0 spiro atoms. The van der Waals surface area contributed by atoms with Gasteiger partial charge in [-0.1, -0.05) is 79.4 Å². The fraction of sp³-hybridized carbons (Fsp3) is 0.900. The summed E-state index contributed by atoms with van der Waals surface area (Å²) < 4.78 is 0. The van der Waals surface area contributed by atoms with E-state index < -0.39 is 0 Å². The standard InChI is InChI=1S/C20H40/c1-7-12-19(16-15-18(8-2)9-3)13-11-14-20(10-4)17(5)6/h15-20H,7-14H2,1-6H3. The van der Waals surface area contributed by atoms with Crippen LogP contribution in [0.5, 0.6) is 0 Å². The van der Waals surface area contributed by atoms with Crippen LogP contribution in [0, 0.1) is 23.7 Å². The monoisotopic (exact) mass is 280 g/mol. The Balaban J connectivity index is 4.20. The Hall–Kier alpha value is -0.260. The van der Waals surface area contributed by atoms with Crippen molar-refractivity contribution in [2.45, 2.75) is 92.9 Å². The van der Waals surface area contributed by atoms with Gasteiger partial charge < -0.3 is 0 Å². The molecule has 0 aliphatic rings. The maximum Gasteiger partial charge on any atom is -0.0234 e. The van der Waals surface area contributed by atoms with Crippen molar-refractivity contribution in [3.05, 3.63) is 12.2 Å². The summed E-state index contributed by atoms with van der Waals surface area (Å²) >= 11 is 0. The van der Waals surface area contributed by atoms with E-state index >= 15 is 0 Å². The molecule has 120 valence electrons. The molecule has 0 saturated carbocycles. The van der Waals surface area contributed by atoms with Gasteiger partial charge in [-0.25, -0.2) is 0 Å². The van der Waals surface area contributed by atoms with E-state index in [1.54, 1.807) is 0 Å². The largest absolute Gasteiger partial charge is 0.0852 e. The lowest BCUT2D eigenvalue weighted by atomic mass is 9.86. The van der Waals surface area contributed by atoms with Crippen molar-refractivity contribution in [3.8, 4) is 0 Å². The molecule has 20 heavy (non-hydrogen) atoms. The molecule has 0 saturated heterocycles. The Labute approximate surface area is 129 Å². The van der Waals surface area contributed by atoms with E-state index in [-0.39, 0.29) is 0 Å². The average molecular weight is 281 g/mol. The zero-order valence-electron chi connectivity index (χ0n) is 15.1. The molecular formula is C20H40. The quantitative estimate of drug-likeness (QED) is 0.330. The van der Waals surface area contributed by atoms with Crippen LogP contribution >= 0.6 is 0 Å². The maximum absolute atomic E-state index is 2.54. The zero-order chi connectivity index (χ0) is 15.4. The first-order chi connectivity index (χ1) is 9.58. The van der Waals surface area contributed by atoms with Gasteiger partial charge in [0.2, 0.25) is 0 Å². The lowest BCUT2D eigenvalue weighted by Crippen LogP contribution is -2.08. The first-order valence-electron chi connectivity index (χ1n) is 9.27. The van der Waals surface area contributed by atoms with Gasteiger partial charge in [0, 0.05) is 0 Å². The first-order valence-corrected chi connectivity index (χ1v) is 9.27. The molecule has 0 aliphatic heterocycles. The second kappa shape index (κ2) is 12.5. The van der Waals surface area contributed by atoms with E-state index in [4.69, 9.17) is 0 Å². The van der Waals surface area contributed by atoms with Crippen LogP contribution in [-0.4, -0.2) is 0 Å². The molecular weight excluding hydrogens is 240 g/mol. The van der Waals surface area contributed by atoms with Crippen molar-refractivity contribution in [2.24, 2.45) is 23.7 Å². The number of rotatable bonds is 12. The van der Waals surface area contributed by atoms with Crippen molar-refractivity contribution in [2.75, 3.05) is 0 Å². The molecule has 0 rings (SSSR count). The van der Waals surface area contributed by atoms with Gasteiger partial charge >= 0.3 is 0 Å². The highest BCUT2D eigenvalue weighted by atomic mass is 14.2. The second-order valence-electron chi connectivity index (χ2n) is 6.85. The highest BCUT2D eigenvalue weighted by molar-refractivity contribution is 4.92. The predicted molar refractivity (Wildman–Crippen MR) is 94.1 cm³/mol. The van der Waals surface area contributed by atoms with Crippen LogP contribution in [0.2, 0.25) is 0 Å². The molecule has 0 aromatic heterocycles. The van der Waals surface area contributed by atoms with Gasteiger partial charge in [0.25, 0.3) is 0 Å². The molecule has 0 aromatic carbocycles. The smallest absolute Gasteiger partial charge is 0.0234 e. The summed E-state index contributed by atoms with van der Waals surface area (Å²) in [5, 5.41) is 0. The number of hydrogen-bond donors (Lipinski definition) is 0. The van der Waals surface area contributed by atoms with Gasteiger partial charge in [0.05, 0.1) is 0 Å². The summed E-state index contributed by atoms with van der Waals surface area (Å²) in [6.07, 6.45) is 15.9. The summed E-state index contributed by atoms with van der Waals surface area (Å²) in [6, 6.07) is 0. The molecule has 0 heteroatoms. The summed E-state index contributed by atoms with van der Waals surface area (Å²) in [5.74, 6) is 3.41. The Morgan fingerprint density at radius 1 is 0.700 bits per heavy atom. The van der Waals surface area contributed by atoms with Gasteiger partial charge in [-0.3, -0.25) is 0 Å². The molecule has 0 bridgehead atoms. The normalized spacial score (nSPS) is 15.4. The summed E-state index contributed by atoms with van der Waals surface area (Å²) in [4.78, 5) is 0. The van der Waals surface area contributed by atoms with Crippen LogP contribution in [0.15, 0.2) is 12.2 Å². The second-order valence-corrected chi connectivity index (χ2v) is 6.85. The van der Waals surface area contributed by atoms with E-state index in [9.17, 15) is 0 Å². The van der Waals surface area contributed by atoms with Gasteiger partial charge in [-0.2, -0.15) is 0 Å². The summed E-state index contributed by atoms with van der Waals surface area (Å²) in [5.41, 5.74) is 0. The van der Waals surface area contributed by atoms with Crippen LogP contribution < -0.4 is 0 Å². The third kappa shape index (κ3) is 8.82.